The lowest BCUT2D eigenvalue weighted by atomic mass is 10.1. The minimum absolute atomic E-state index is 0.0974. The predicted octanol–water partition coefficient (Wildman–Crippen LogP) is 3.06. The summed E-state index contributed by atoms with van der Waals surface area (Å²) in [5.74, 6) is -1.12. The van der Waals surface area contributed by atoms with Crippen molar-refractivity contribution in [3.8, 4) is 0 Å². The molecule has 0 unspecified atom stereocenters. The molecule has 27 heavy (non-hydrogen) atoms. The van der Waals surface area contributed by atoms with E-state index in [9.17, 15) is 14.4 Å². The molecule has 0 aromatic heterocycles. The third-order valence-corrected chi connectivity index (χ3v) is 3.74. The van der Waals surface area contributed by atoms with Gasteiger partial charge >= 0.3 is 0 Å². The second-order valence-corrected chi connectivity index (χ2v) is 6.41. The van der Waals surface area contributed by atoms with Gasteiger partial charge in [0.05, 0.1) is 0 Å². The van der Waals surface area contributed by atoms with Gasteiger partial charge in [-0.2, -0.15) is 0 Å². The number of hydrogen-bond donors (Lipinski definition) is 3. The van der Waals surface area contributed by atoms with Crippen molar-refractivity contribution in [1.29, 1.82) is 0 Å². The van der Waals surface area contributed by atoms with Crippen molar-refractivity contribution in [3.63, 3.8) is 0 Å². The first kappa shape index (κ1) is 19.9. The lowest BCUT2D eigenvalue weighted by molar-refractivity contribution is -0.119. The van der Waals surface area contributed by atoms with E-state index >= 15 is 0 Å². The van der Waals surface area contributed by atoms with Crippen molar-refractivity contribution >= 4 is 29.5 Å². The monoisotopic (exact) mass is 365 g/mol. The maximum atomic E-state index is 12.1. The zero-order chi connectivity index (χ0) is 19.8. The van der Waals surface area contributed by atoms with Gasteiger partial charge in [0.2, 0.25) is 5.91 Å². The first-order chi connectivity index (χ1) is 12.8. The van der Waals surface area contributed by atoms with Crippen LogP contribution in [-0.4, -0.2) is 17.7 Å². The first-order valence-electron chi connectivity index (χ1n) is 8.61. The number of rotatable bonds is 5. The Morgan fingerprint density at radius 2 is 1.52 bits per heavy atom. The lowest BCUT2D eigenvalue weighted by Gasteiger charge is -2.09. The zero-order valence-corrected chi connectivity index (χ0v) is 15.6. The van der Waals surface area contributed by atoms with E-state index in [1.54, 1.807) is 44.2 Å². The Hall–Kier alpha value is -3.41. The van der Waals surface area contributed by atoms with Gasteiger partial charge in [-0.25, -0.2) is 0 Å². The number of amides is 3. The van der Waals surface area contributed by atoms with E-state index in [4.69, 9.17) is 0 Å². The molecule has 2 aromatic rings. The fraction of sp³-hybridized carbons (Fsp3) is 0.190. The molecule has 3 N–H and O–H groups in total. The molecular weight excluding hydrogens is 342 g/mol. The van der Waals surface area contributed by atoms with Crippen LogP contribution in [0.4, 0.5) is 5.69 Å². The molecular formula is C21H23N3O3. The van der Waals surface area contributed by atoms with Crippen LogP contribution in [0.1, 0.15) is 35.3 Å². The fourth-order valence-corrected chi connectivity index (χ4v) is 2.07. The van der Waals surface area contributed by atoms with E-state index in [1.807, 2.05) is 31.2 Å². The molecule has 0 atom stereocenters. The molecule has 0 aliphatic carbocycles. The van der Waals surface area contributed by atoms with Crippen LogP contribution in [-0.2, 0) is 9.59 Å². The molecule has 6 heteroatoms. The Morgan fingerprint density at radius 1 is 0.889 bits per heavy atom. The molecule has 2 rings (SSSR count). The molecule has 2 aromatic carbocycles. The van der Waals surface area contributed by atoms with E-state index in [1.165, 1.54) is 6.08 Å². The van der Waals surface area contributed by atoms with Crippen LogP contribution in [0.15, 0.2) is 54.6 Å². The zero-order valence-electron chi connectivity index (χ0n) is 15.6. The Bertz CT molecular complexity index is 838. The van der Waals surface area contributed by atoms with Crippen molar-refractivity contribution in [3.05, 3.63) is 71.3 Å². The molecule has 3 amide bonds. The Morgan fingerprint density at radius 3 is 2.11 bits per heavy atom. The summed E-state index contributed by atoms with van der Waals surface area (Å²) in [5, 5.41) is 2.74. The molecule has 6 nitrogen and oxygen atoms in total. The number of aryl methyl sites for hydroxylation is 1. The summed E-state index contributed by atoms with van der Waals surface area (Å²) in [6.07, 6.45) is 3.00. The number of hydrogen-bond acceptors (Lipinski definition) is 3. The van der Waals surface area contributed by atoms with Gasteiger partial charge in [0, 0.05) is 23.2 Å². The second kappa shape index (κ2) is 9.33. The second-order valence-electron chi connectivity index (χ2n) is 6.41. The minimum atomic E-state index is -0.450. The first-order valence-corrected chi connectivity index (χ1v) is 8.61. The summed E-state index contributed by atoms with van der Waals surface area (Å²) >= 11 is 0. The smallest absolute Gasteiger partial charge is 0.269 e. The van der Waals surface area contributed by atoms with Crippen LogP contribution in [0.25, 0.3) is 6.08 Å². The minimum Gasteiger partial charge on any atom is -0.326 e. The molecule has 0 fully saturated rings. The van der Waals surface area contributed by atoms with Gasteiger partial charge in [0.25, 0.3) is 11.8 Å². The molecule has 140 valence electrons. The van der Waals surface area contributed by atoms with Crippen LogP contribution in [0, 0.1) is 12.8 Å². The van der Waals surface area contributed by atoms with Crippen molar-refractivity contribution in [2.75, 3.05) is 5.32 Å². The molecule has 0 bridgehead atoms. The van der Waals surface area contributed by atoms with Gasteiger partial charge in [-0.1, -0.05) is 43.7 Å². The van der Waals surface area contributed by atoms with Crippen LogP contribution in [0.2, 0.25) is 0 Å². The van der Waals surface area contributed by atoms with E-state index < -0.39 is 11.8 Å². The molecule has 0 aliphatic rings. The average Bonchev–Trinajstić information content (AvgIpc) is 2.66. The topological polar surface area (TPSA) is 87.3 Å². The number of benzene rings is 2. The summed E-state index contributed by atoms with van der Waals surface area (Å²) < 4.78 is 0. The number of hydrazine groups is 1. The molecule has 0 aliphatic heterocycles. The highest BCUT2D eigenvalue weighted by Crippen LogP contribution is 2.11. The molecule has 0 radical (unpaired) electrons. The normalized spacial score (nSPS) is 10.7. The predicted molar refractivity (Wildman–Crippen MR) is 106 cm³/mol. The third kappa shape index (κ3) is 6.43. The summed E-state index contributed by atoms with van der Waals surface area (Å²) in [6, 6.07) is 14.1. The van der Waals surface area contributed by atoms with Gasteiger partial charge in [-0.05, 0) is 42.8 Å². The van der Waals surface area contributed by atoms with Crippen LogP contribution < -0.4 is 16.2 Å². The van der Waals surface area contributed by atoms with Gasteiger partial charge in [0.15, 0.2) is 0 Å². The molecule has 0 heterocycles. The van der Waals surface area contributed by atoms with Crippen molar-refractivity contribution in [1.82, 2.24) is 10.9 Å². The van der Waals surface area contributed by atoms with Gasteiger partial charge in [-0.3, -0.25) is 25.2 Å². The summed E-state index contributed by atoms with van der Waals surface area (Å²) in [4.78, 5) is 35.5. The molecule has 0 spiro atoms. The lowest BCUT2D eigenvalue weighted by Crippen LogP contribution is -2.40. The van der Waals surface area contributed by atoms with E-state index in [0.29, 0.717) is 11.3 Å². The van der Waals surface area contributed by atoms with E-state index in [-0.39, 0.29) is 11.8 Å². The molecule has 0 saturated heterocycles. The summed E-state index contributed by atoms with van der Waals surface area (Å²) in [7, 11) is 0. The highest BCUT2D eigenvalue weighted by molar-refractivity contribution is 5.98. The third-order valence-electron chi connectivity index (χ3n) is 3.74. The standard InChI is InChI=1S/C21H23N3O3/c1-14(2)20(26)22-18-11-9-17(10-12-18)21(27)24-23-19(25)13-8-16-6-4-15(3)5-7-16/h4-14H,1-3H3,(H,22,26)(H,23,25)(H,24,27)/b13-8+. The number of carbonyl (C=O) groups is 3. The SMILES string of the molecule is Cc1ccc(/C=C/C(=O)NNC(=O)c2ccc(NC(=O)C(C)C)cc2)cc1. The van der Waals surface area contributed by atoms with E-state index in [2.05, 4.69) is 16.2 Å². The Balaban J connectivity index is 1.85. The van der Waals surface area contributed by atoms with Crippen LogP contribution in [0.5, 0.6) is 0 Å². The number of carbonyl (C=O) groups excluding carboxylic acids is 3. The summed E-state index contributed by atoms with van der Waals surface area (Å²) in [5.41, 5.74) is 7.67. The van der Waals surface area contributed by atoms with Crippen LogP contribution >= 0.6 is 0 Å². The van der Waals surface area contributed by atoms with Crippen LogP contribution in [0.3, 0.4) is 0 Å². The maximum absolute atomic E-state index is 12.1. The summed E-state index contributed by atoms with van der Waals surface area (Å²) in [6.45, 7) is 5.58. The molecule has 0 saturated carbocycles. The Kier molecular flexibility index (Phi) is 6.88. The van der Waals surface area contributed by atoms with E-state index in [0.717, 1.165) is 11.1 Å². The number of anilines is 1. The van der Waals surface area contributed by atoms with Crippen molar-refractivity contribution in [2.45, 2.75) is 20.8 Å². The quantitative estimate of drug-likeness (QED) is 0.562. The maximum Gasteiger partial charge on any atom is 0.269 e. The van der Waals surface area contributed by atoms with Crippen molar-refractivity contribution in [2.24, 2.45) is 5.92 Å². The average molecular weight is 365 g/mol. The van der Waals surface area contributed by atoms with Gasteiger partial charge in [0.1, 0.15) is 0 Å². The fourth-order valence-electron chi connectivity index (χ4n) is 2.07. The largest absolute Gasteiger partial charge is 0.326 e. The highest BCUT2D eigenvalue weighted by Gasteiger charge is 2.09. The van der Waals surface area contributed by atoms with Gasteiger partial charge in [-0.15, -0.1) is 0 Å². The highest BCUT2D eigenvalue weighted by atomic mass is 16.2. The number of nitrogens with one attached hydrogen (secondary N) is 3. The Labute approximate surface area is 158 Å². The van der Waals surface area contributed by atoms with Crippen molar-refractivity contribution < 1.29 is 14.4 Å². The van der Waals surface area contributed by atoms with Gasteiger partial charge < -0.3 is 5.32 Å².